The molecule has 0 rings (SSSR count). The van der Waals surface area contributed by atoms with Gasteiger partial charge < -0.3 is 10.4 Å². The van der Waals surface area contributed by atoms with Crippen molar-refractivity contribution in [2.45, 2.75) is 19.4 Å². The summed E-state index contributed by atoms with van der Waals surface area (Å²) in [5, 5.41) is 12.1. The summed E-state index contributed by atoms with van der Waals surface area (Å²) in [7, 11) is 0. The molecule has 0 spiro atoms. The van der Waals surface area contributed by atoms with Gasteiger partial charge in [0.25, 0.3) is 0 Å². The van der Waals surface area contributed by atoms with E-state index in [0.717, 1.165) is 18.7 Å². The third kappa shape index (κ3) is 6.15. The van der Waals surface area contributed by atoms with Crippen molar-refractivity contribution in [1.29, 1.82) is 0 Å². The monoisotopic (exact) mass is 149 g/mol. The number of rotatable bonds is 5. The highest BCUT2D eigenvalue weighted by atomic mass is 32.1. The van der Waals surface area contributed by atoms with Crippen molar-refractivity contribution in [3.63, 3.8) is 0 Å². The summed E-state index contributed by atoms with van der Waals surface area (Å²) in [6.07, 6.45) is 0.629. The molecule has 0 aromatic rings. The molecule has 56 valence electrons. The van der Waals surface area contributed by atoms with Gasteiger partial charge in [-0.15, -0.1) is 0 Å². The molecular formula is C6H15NOS. The van der Waals surface area contributed by atoms with Gasteiger partial charge in [-0.05, 0) is 6.42 Å². The van der Waals surface area contributed by atoms with Gasteiger partial charge in [0.15, 0.2) is 0 Å². The van der Waals surface area contributed by atoms with E-state index in [2.05, 4.69) is 17.9 Å². The standard InChI is InChI=1S/C6H15NOS/c1-2-6(8)5-7-3-4-9/h6-9H,2-5H2,1H3. The molecule has 0 saturated carbocycles. The molecule has 0 aromatic carbocycles. The molecule has 0 fully saturated rings. The average Bonchev–Trinajstić information content (AvgIpc) is 1.89. The molecule has 0 aliphatic rings. The fraction of sp³-hybridized carbons (Fsp3) is 1.00. The lowest BCUT2D eigenvalue weighted by Crippen LogP contribution is -2.27. The molecule has 0 aliphatic carbocycles. The van der Waals surface area contributed by atoms with E-state index < -0.39 is 0 Å². The molecule has 0 bridgehead atoms. The highest BCUT2D eigenvalue weighted by Gasteiger charge is 1.96. The van der Waals surface area contributed by atoms with Crippen molar-refractivity contribution in [2.24, 2.45) is 0 Å². The van der Waals surface area contributed by atoms with E-state index in [1.54, 1.807) is 0 Å². The molecule has 0 aliphatic heterocycles. The lowest BCUT2D eigenvalue weighted by Gasteiger charge is -2.06. The number of aliphatic hydroxyl groups excluding tert-OH is 1. The van der Waals surface area contributed by atoms with Crippen LogP contribution in [0.1, 0.15) is 13.3 Å². The second-order valence-electron chi connectivity index (χ2n) is 1.99. The normalized spacial score (nSPS) is 13.7. The molecular weight excluding hydrogens is 134 g/mol. The molecule has 0 saturated heterocycles. The van der Waals surface area contributed by atoms with Crippen LogP contribution >= 0.6 is 12.6 Å². The van der Waals surface area contributed by atoms with E-state index in [1.165, 1.54) is 0 Å². The molecule has 0 aromatic heterocycles. The first-order chi connectivity index (χ1) is 4.31. The van der Waals surface area contributed by atoms with E-state index in [9.17, 15) is 0 Å². The van der Waals surface area contributed by atoms with Crippen LogP contribution in [0.4, 0.5) is 0 Å². The molecule has 2 N–H and O–H groups in total. The first-order valence-electron chi connectivity index (χ1n) is 3.31. The van der Waals surface area contributed by atoms with E-state index >= 15 is 0 Å². The number of nitrogens with one attached hydrogen (secondary N) is 1. The van der Waals surface area contributed by atoms with E-state index in [-0.39, 0.29) is 6.10 Å². The molecule has 0 radical (unpaired) electrons. The molecule has 1 atom stereocenters. The van der Waals surface area contributed by atoms with Crippen LogP contribution in [0.5, 0.6) is 0 Å². The minimum absolute atomic E-state index is 0.190. The maximum Gasteiger partial charge on any atom is 0.0662 e. The third-order valence-corrected chi connectivity index (χ3v) is 1.36. The number of hydrogen-bond donors (Lipinski definition) is 3. The van der Waals surface area contributed by atoms with Crippen molar-refractivity contribution < 1.29 is 5.11 Å². The fourth-order valence-electron chi connectivity index (χ4n) is 0.492. The first kappa shape index (κ1) is 9.27. The summed E-state index contributed by atoms with van der Waals surface area (Å²) in [5.41, 5.74) is 0. The zero-order valence-electron chi connectivity index (χ0n) is 5.80. The van der Waals surface area contributed by atoms with Crippen LogP contribution < -0.4 is 5.32 Å². The minimum Gasteiger partial charge on any atom is -0.392 e. The van der Waals surface area contributed by atoms with Crippen LogP contribution in [0, 0.1) is 0 Å². The Morgan fingerprint density at radius 2 is 2.33 bits per heavy atom. The van der Waals surface area contributed by atoms with Crippen molar-refractivity contribution in [2.75, 3.05) is 18.8 Å². The van der Waals surface area contributed by atoms with Crippen molar-refractivity contribution in [3.8, 4) is 0 Å². The maximum absolute atomic E-state index is 9.00. The highest BCUT2D eigenvalue weighted by Crippen LogP contribution is 1.85. The third-order valence-electron chi connectivity index (χ3n) is 1.14. The predicted octanol–water partition coefficient (Wildman–Crippen LogP) is 0.277. The van der Waals surface area contributed by atoms with Crippen LogP contribution in [0.2, 0.25) is 0 Å². The molecule has 9 heavy (non-hydrogen) atoms. The minimum atomic E-state index is -0.190. The maximum atomic E-state index is 9.00. The Kier molecular flexibility index (Phi) is 6.58. The molecule has 1 unspecified atom stereocenters. The second kappa shape index (κ2) is 6.39. The Hall–Kier alpha value is 0.270. The summed E-state index contributed by atoms with van der Waals surface area (Å²) >= 11 is 4.01. The molecule has 0 heterocycles. The van der Waals surface area contributed by atoms with Gasteiger partial charge in [-0.2, -0.15) is 12.6 Å². The van der Waals surface area contributed by atoms with Gasteiger partial charge in [-0.25, -0.2) is 0 Å². The topological polar surface area (TPSA) is 32.3 Å². The quantitative estimate of drug-likeness (QED) is 0.387. The van der Waals surface area contributed by atoms with E-state index in [1.807, 2.05) is 6.92 Å². The van der Waals surface area contributed by atoms with Gasteiger partial charge in [0.05, 0.1) is 6.10 Å². The van der Waals surface area contributed by atoms with Crippen LogP contribution in [-0.2, 0) is 0 Å². The lowest BCUT2D eigenvalue weighted by molar-refractivity contribution is 0.168. The Labute approximate surface area is 62.1 Å². The average molecular weight is 149 g/mol. The van der Waals surface area contributed by atoms with Crippen molar-refractivity contribution in [1.82, 2.24) is 5.32 Å². The predicted molar refractivity (Wildman–Crippen MR) is 43.0 cm³/mol. The largest absolute Gasteiger partial charge is 0.392 e. The van der Waals surface area contributed by atoms with E-state index in [0.29, 0.717) is 6.54 Å². The highest BCUT2D eigenvalue weighted by molar-refractivity contribution is 7.80. The zero-order valence-corrected chi connectivity index (χ0v) is 6.69. The van der Waals surface area contributed by atoms with Gasteiger partial charge in [0.1, 0.15) is 0 Å². The van der Waals surface area contributed by atoms with Crippen LogP contribution in [0.15, 0.2) is 0 Å². The summed E-state index contributed by atoms with van der Waals surface area (Å²) in [4.78, 5) is 0. The summed E-state index contributed by atoms with van der Waals surface area (Å²) in [6, 6.07) is 0. The van der Waals surface area contributed by atoms with Gasteiger partial charge in [-0.3, -0.25) is 0 Å². The first-order valence-corrected chi connectivity index (χ1v) is 3.94. The number of aliphatic hydroxyl groups is 1. The Balaban J connectivity index is 2.88. The Morgan fingerprint density at radius 1 is 1.67 bits per heavy atom. The zero-order chi connectivity index (χ0) is 7.11. The molecule has 0 amide bonds. The van der Waals surface area contributed by atoms with Crippen LogP contribution in [0.25, 0.3) is 0 Å². The van der Waals surface area contributed by atoms with Gasteiger partial charge in [0, 0.05) is 18.8 Å². The van der Waals surface area contributed by atoms with E-state index in [4.69, 9.17) is 5.11 Å². The summed E-state index contributed by atoms with van der Waals surface area (Å²) in [6.45, 7) is 3.53. The SMILES string of the molecule is CCC(O)CNCCS. The van der Waals surface area contributed by atoms with Gasteiger partial charge in [0.2, 0.25) is 0 Å². The smallest absolute Gasteiger partial charge is 0.0662 e. The molecule has 3 heteroatoms. The van der Waals surface area contributed by atoms with Crippen LogP contribution in [-0.4, -0.2) is 30.1 Å². The molecule has 2 nitrogen and oxygen atoms in total. The Bertz CT molecular complexity index is 61.0. The Morgan fingerprint density at radius 3 is 2.78 bits per heavy atom. The van der Waals surface area contributed by atoms with Gasteiger partial charge in [-0.1, -0.05) is 6.92 Å². The number of hydrogen-bond acceptors (Lipinski definition) is 3. The van der Waals surface area contributed by atoms with Gasteiger partial charge >= 0.3 is 0 Å². The summed E-state index contributed by atoms with van der Waals surface area (Å²) < 4.78 is 0. The van der Waals surface area contributed by atoms with Crippen LogP contribution in [0.3, 0.4) is 0 Å². The summed E-state index contributed by atoms with van der Waals surface area (Å²) in [5.74, 6) is 0.830. The second-order valence-corrected chi connectivity index (χ2v) is 2.44. The van der Waals surface area contributed by atoms with Crippen molar-refractivity contribution >= 4 is 12.6 Å². The van der Waals surface area contributed by atoms with Crippen molar-refractivity contribution in [3.05, 3.63) is 0 Å². The lowest BCUT2D eigenvalue weighted by atomic mass is 10.3. The number of thiol groups is 1. The fourth-order valence-corrected chi connectivity index (χ4v) is 0.650.